The average molecular weight is 184 g/mol. The normalized spacial score (nSPS) is 23.3. The van der Waals surface area contributed by atoms with Crippen molar-refractivity contribution < 1.29 is 5.11 Å². The number of rotatable bonds is 3. The molecule has 0 saturated heterocycles. The summed E-state index contributed by atoms with van der Waals surface area (Å²) in [7, 11) is 0. The van der Waals surface area contributed by atoms with Gasteiger partial charge in [-0.1, -0.05) is 34.6 Å². The Morgan fingerprint density at radius 3 is 1.92 bits per heavy atom. The molecule has 0 heterocycles. The molecule has 1 rings (SSSR count). The molecule has 0 aromatic heterocycles. The summed E-state index contributed by atoms with van der Waals surface area (Å²) in [5, 5.41) is 10.7. The van der Waals surface area contributed by atoms with Gasteiger partial charge >= 0.3 is 0 Å². The Bertz CT molecular complexity index is 174. The molecule has 0 aromatic carbocycles. The van der Waals surface area contributed by atoms with Gasteiger partial charge in [0.05, 0.1) is 5.60 Å². The topological polar surface area (TPSA) is 20.2 Å². The van der Waals surface area contributed by atoms with E-state index in [1.165, 1.54) is 12.8 Å². The predicted octanol–water partition coefficient (Wildman–Crippen LogP) is 3.22. The van der Waals surface area contributed by atoms with Crippen molar-refractivity contribution >= 4 is 0 Å². The van der Waals surface area contributed by atoms with E-state index in [0.717, 1.165) is 6.42 Å². The number of hydrogen-bond donors (Lipinski definition) is 1. The summed E-state index contributed by atoms with van der Waals surface area (Å²) >= 11 is 0. The van der Waals surface area contributed by atoms with Crippen LogP contribution in [0.5, 0.6) is 0 Å². The Balaban J connectivity index is 2.74. The van der Waals surface area contributed by atoms with Crippen LogP contribution in [-0.2, 0) is 0 Å². The molecule has 0 bridgehead atoms. The van der Waals surface area contributed by atoms with Crippen molar-refractivity contribution in [3.8, 4) is 0 Å². The smallest absolute Gasteiger partial charge is 0.0726 e. The standard InChI is InChI=1S/C12H24O/c1-9(2)8-12(13,10-6-7-10)11(3,4)5/h9-10,13H,6-8H2,1-5H3. The minimum Gasteiger partial charge on any atom is -0.389 e. The molecule has 1 unspecified atom stereocenters. The first-order valence-electron chi connectivity index (χ1n) is 5.50. The van der Waals surface area contributed by atoms with Gasteiger partial charge in [-0.15, -0.1) is 0 Å². The summed E-state index contributed by atoms with van der Waals surface area (Å²) in [5.74, 6) is 1.15. The van der Waals surface area contributed by atoms with E-state index in [-0.39, 0.29) is 5.41 Å². The van der Waals surface area contributed by atoms with Gasteiger partial charge in [0.1, 0.15) is 0 Å². The van der Waals surface area contributed by atoms with Gasteiger partial charge in [-0.05, 0) is 36.5 Å². The third-order valence-electron chi connectivity index (χ3n) is 3.27. The highest BCUT2D eigenvalue weighted by molar-refractivity contribution is 5.02. The second kappa shape index (κ2) is 3.27. The molecule has 1 aliphatic rings. The maximum absolute atomic E-state index is 10.7. The van der Waals surface area contributed by atoms with E-state index in [2.05, 4.69) is 34.6 Å². The van der Waals surface area contributed by atoms with Gasteiger partial charge in [-0.3, -0.25) is 0 Å². The molecule has 1 saturated carbocycles. The summed E-state index contributed by atoms with van der Waals surface area (Å²) in [6, 6.07) is 0. The Morgan fingerprint density at radius 2 is 1.69 bits per heavy atom. The van der Waals surface area contributed by atoms with Crippen molar-refractivity contribution in [2.24, 2.45) is 17.3 Å². The Hall–Kier alpha value is -0.0400. The zero-order chi connectivity index (χ0) is 10.3. The third kappa shape index (κ3) is 2.25. The number of hydrogen-bond acceptors (Lipinski definition) is 1. The van der Waals surface area contributed by atoms with Gasteiger partial charge in [0.2, 0.25) is 0 Å². The molecule has 0 aliphatic heterocycles. The van der Waals surface area contributed by atoms with Crippen molar-refractivity contribution in [1.82, 2.24) is 0 Å². The van der Waals surface area contributed by atoms with Gasteiger partial charge in [-0.25, -0.2) is 0 Å². The van der Waals surface area contributed by atoms with Gasteiger partial charge in [0.25, 0.3) is 0 Å². The van der Waals surface area contributed by atoms with Crippen LogP contribution in [0.3, 0.4) is 0 Å². The van der Waals surface area contributed by atoms with Crippen molar-refractivity contribution in [2.45, 2.75) is 59.5 Å². The molecule has 13 heavy (non-hydrogen) atoms. The lowest BCUT2D eigenvalue weighted by Gasteiger charge is -2.42. The van der Waals surface area contributed by atoms with Crippen LogP contribution in [0.1, 0.15) is 53.9 Å². The molecule has 1 aliphatic carbocycles. The summed E-state index contributed by atoms with van der Waals surface area (Å²) in [6.07, 6.45) is 3.39. The molecule has 1 nitrogen and oxygen atoms in total. The molecule has 0 aromatic rings. The Morgan fingerprint density at radius 1 is 1.23 bits per heavy atom. The SMILES string of the molecule is CC(C)CC(O)(C1CC1)C(C)(C)C. The lowest BCUT2D eigenvalue weighted by molar-refractivity contribution is -0.0911. The molecule has 1 fully saturated rings. The summed E-state index contributed by atoms with van der Waals surface area (Å²) < 4.78 is 0. The molecule has 0 amide bonds. The van der Waals surface area contributed by atoms with Crippen molar-refractivity contribution in [1.29, 1.82) is 0 Å². The van der Waals surface area contributed by atoms with Crippen LogP contribution in [0.4, 0.5) is 0 Å². The van der Waals surface area contributed by atoms with E-state index in [1.807, 2.05) is 0 Å². The fourth-order valence-electron chi connectivity index (χ4n) is 2.27. The first kappa shape index (κ1) is 11.0. The maximum Gasteiger partial charge on any atom is 0.0726 e. The minimum atomic E-state index is -0.429. The molecule has 0 radical (unpaired) electrons. The molecule has 0 spiro atoms. The Kier molecular flexibility index (Phi) is 2.78. The highest BCUT2D eigenvalue weighted by Crippen LogP contribution is 2.51. The van der Waals surface area contributed by atoms with E-state index in [4.69, 9.17) is 0 Å². The Labute approximate surface area is 82.5 Å². The minimum absolute atomic E-state index is 0.0262. The second-order valence-electron chi connectivity index (χ2n) is 6.05. The summed E-state index contributed by atoms with van der Waals surface area (Å²) in [6.45, 7) is 10.9. The van der Waals surface area contributed by atoms with Crippen molar-refractivity contribution in [2.75, 3.05) is 0 Å². The quantitative estimate of drug-likeness (QED) is 0.714. The van der Waals surface area contributed by atoms with Crippen LogP contribution in [0.15, 0.2) is 0 Å². The molecule has 1 heteroatoms. The second-order valence-corrected chi connectivity index (χ2v) is 6.05. The van der Waals surface area contributed by atoms with E-state index < -0.39 is 5.60 Å². The predicted molar refractivity (Wildman–Crippen MR) is 56.6 cm³/mol. The highest BCUT2D eigenvalue weighted by atomic mass is 16.3. The van der Waals surface area contributed by atoms with Crippen LogP contribution in [0, 0.1) is 17.3 Å². The molecule has 1 atom stereocenters. The molecule has 1 N–H and O–H groups in total. The molecular formula is C12H24O. The van der Waals surface area contributed by atoms with E-state index in [9.17, 15) is 5.11 Å². The van der Waals surface area contributed by atoms with Crippen LogP contribution in [0.2, 0.25) is 0 Å². The zero-order valence-corrected chi connectivity index (χ0v) is 9.72. The summed E-state index contributed by atoms with van der Waals surface area (Å²) in [4.78, 5) is 0. The van der Waals surface area contributed by atoms with Crippen molar-refractivity contribution in [3.63, 3.8) is 0 Å². The van der Waals surface area contributed by atoms with E-state index >= 15 is 0 Å². The zero-order valence-electron chi connectivity index (χ0n) is 9.72. The first-order valence-corrected chi connectivity index (χ1v) is 5.50. The summed E-state index contributed by atoms with van der Waals surface area (Å²) in [5.41, 5.74) is -0.403. The van der Waals surface area contributed by atoms with Gasteiger partial charge in [0.15, 0.2) is 0 Å². The lowest BCUT2D eigenvalue weighted by atomic mass is 9.69. The van der Waals surface area contributed by atoms with Gasteiger partial charge < -0.3 is 5.11 Å². The van der Waals surface area contributed by atoms with Crippen LogP contribution in [0.25, 0.3) is 0 Å². The maximum atomic E-state index is 10.7. The van der Waals surface area contributed by atoms with Gasteiger partial charge in [-0.2, -0.15) is 0 Å². The third-order valence-corrected chi connectivity index (χ3v) is 3.27. The fraction of sp³-hybridized carbons (Fsp3) is 1.00. The van der Waals surface area contributed by atoms with Crippen molar-refractivity contribution in [3.05, 3.63) is 0 Å². The number of aliphatic hydroxyl groups is 1. The van der Waals surface area contributed by atoms with Crippen LogP contribution >= 0.6 is 0 Å². The van der Waals surface area contributed by atoms with E-state index in [0.29, 0.717) is 11.8 Å². The monoisotopic (exact) mass is 184 g/mol. The average Bonchev–Trinajstić information content (AvgIpc) is 2.62. The largest absolute Gasteiger partial charge is 0.389 e. The fourth-order valence-corrected chi connectivity index (χ4v) is 2.27. The van der Waals surface area contributed by atoms with E-state index in [1.54, 1.807) is 0 Å². The lowest BCUT2D eigenvalue weighted by Crippen LogP contribution is -2.46. The van der Waals surface area contributed by atoms with Crippen LogP contribution in [-0.4, -0.2) is 10.7 Å². The van der Waals surface area contributed by atoms with Gasteiger partial charge in [0, 0.05) is 0 Å². The molecule has 78 valence electrons. The first-order chi connectivity index (χ1) is 5.77. The highest BCUT2D eigenvalue weighted by Gasteiger charge is 2.51. The molecular weight excluding hydrogens is 160 g/mol. The van der Waals surface area contributed by atoms with Crippen LogP contribution < -0.4 is 0 Å².